The van der Waals surface area contributed by atoms with Crippen LogP contribution >= 0.6 is 11.6 Å². The molecule has 0 aliphatic carbocycles. The number of aromatic nitrogens is 1. The minimum Gasteiger partial charge on any atom is -0.381 e. The van der Waals surface area contributed by atoms with E-state index >= 15 is 0 Å². The highest BCUT2D eigenvalue weighted by Crippen LogP contribution is 2.14. The standard InChI is InChI=1S/C16H29ClN4O/c1-13(2)12-22-8-6-7-19-16(18-3)21(5)11-15-9-14(17)10-20(15)4/h9-10,13H,6-8,11-12H2,1-5H3,(H,18,19). The number of nitrogens with one attached hydrogen (secondary N) is 1. The first-order chi connectivity index (χ1) is 10.4. The van der Waals surface area contributed by atoms with Crippen molar-refractivity contribution in [2.24, 2.45) is 18.0 Å². The third kappa shape index (κ3) is 6.71. The van der Waals surface area contributed by atoms with Crippen LogP contribution in [0.1, 0.15) is 26.0 Å². The Bertz CT molecular complexity index is 471. The van der Waals surface area contributed by atoms with E-state index in [9.17, 15) is 0 Å². The van der Waals surface area contributed by atoms with Gasteiger partial charge in [-0.25, -0.2) is 0 Å². The van der Waals surface area contributed by atoms with E-state index < -0.39 is 0 Å². The van der Waals surface area contributed by atoms with E-state index in [0.717, 1.165) is 49.4 Å². The summed E-state index contributed by atoms with van der Waals surface area (Å²) in [5.74, 6) is 1.46. The minimum atomic E-state index is 0.587. The molecule has 0 radical (unpaired) electrons. The van der Waals surface area contributed by atoms with Gasteiger partial charge >= 0.3 is 0 Å². The van der Waals surface area contributed by atoms with Crippen LogP contribution in [0.4, 0.5) is 0 Å². The predicted molar refractivity (Wildman–Crippen MR) is 93.5 cm³/mol. The van der Waals surface area contributed by atoms with Crippen molar-refractivity contribution in [1.82, 2.24) is 14.8 Å². The molecule has 0 amide bonds. The summed E-state index contributed by atoms with van der Waals surface area (Å²) >= 11 is 6.02. The van der Waals surface area contributed by atoms with Crippen LogP contribution in [0.2, 0.25) is 5.02 Å². The quantitative estimate of drug-likeness (QED) is 0.453. The van der Waals surface area contributed by atoms with E-state index in [1.165, 1.54) is 0 Å². The number of halogens is 1. The van der Waals surface area contributed by atoms with Crippen molar-refractivity contribution in [3.05, 3.63) is 23.0 Å². The van der Waals surface area contributed by atoms with Gasteiger partial charge in [-0.05, 0) is 18.4 Å². The van der Waals surface area contributed by atoms with Gasteiger partial charge in [-0.1, -0.05) is 25.4 Å². The maximum atomic E-state index is 6.02. The Morgan fingerprint density at radius 3 is 2.77 bits per heavy atom. The van der Waals surface area contributed by atoms with Gasteiger partial charge in [0.1, 0.15) is 0 Å². The molecule has 1 aromatic heterocycles. The summed E-state index contributed by atoms with van der Waals surface area (Å²) in [5.41, 5.74) is 1.15. The highest BCUT2D eigenvalue weighted by Gasteiger charge is 2.09. The molecule has 0 fully saturated rings. The molecule has 1 aromatic rings. The SMILES string of the molecule is CN=C(NCCCOCC(C)C)N(C)Cc1cc(Cl)cn1C. The molecule has 0 aliphatic heterocycles. The first-order valence-corrected chi connectivity index (χ1v) is 8.12. The van der Waals surface area contributed by atoms with E-state index in [1.54, 1.807) is 7.05 Å². The maximum absolute atomic E-state index is 6.02. The molecule has 0 atom stereocenters. The molecule has 0 aliphatic rings. The van der Waals surface area contributed by atoms with E-state index in [0.29, 0.717) is 5.92 Å². The third-order valence-electron chi connectivity index (χ3n) is 3.25. The number of hydrogen-bond donors (Lipinski definition) is 1. The van der Waals surface area contributed by atoms with Gasteiger partial charge in [-0.3, -0.25) is 4.99 Å². The lowest BCUT2D eigenvalue weighted by Gasteiger charge is -2.22. The molecule has 0 saturated carbocycles. The van der Waals surface area contributed by atoms with Crippen LogP contribution in [0.3, 0.4) is 0 Å². The number of ether oxygens (including phenoxy) is 1. The van der Waals surface area contributed by atoms with Gasteiger partial charge in [0.2, 0.25) is 0 Å². The highest BCUT2D eigenvalue weighted by atomic mass is 35.5. The molecule has 0 bridgehead atoms. The smallest absolute Gasteiger partial charge is 0.193 e. The van der Waals surface area contributed by atoms with Crippen LogP contribution in [0.25, 0.3) is 0 Å². The van der Waals surface area contributed by atoms with Gasteiger partial charge < -0.3 is 19.5 Å². The van der Waals surface area contributed by atoms with E-state index in [-0.39, 0.29) is 0 Å². The van der Waals surface area contributed by atoms with E-state index in [1.807, 2.05) is 30.9 Å². The van der Waals surface area contributed by atoms with Crippen molar-refractivity contribution in [3.63, 3.8) is 0 Å². The Morgan fingerprint density at radius 2 is 2.23 bits per heavy atom. The first kappa shape index (κ1) is 18.8. The molecular formula is C16H29ClN4O. The zero-order valence-corrected chi connectivity index (χ0v) is 15.2. The van der Waals surface area contributed by atoms with Crippen molar-refractivity contribution in [2.75, 3.05) is 33.9 Å². The molecule has 1 rings (SSSR count). The van der Waals surface area contributed by atoms with Crippen molar-refractivity contribution >= 4 is 17.6 Å². The lowest BCUT2D eigenvalue weighted by Crippen LogP contribution is -2.39. The Kier molecular flexibility index (Phi) is 8.35. The number of nitrogens with zero attached hydrogens (tertiary/aromatic N) is 3. The Morgan fingerprint density at radius 1 is 1.50 bits per heavy atom. The summed E-state index contributed by atoms with van der Waals surface area (Å²) in [4.78, 5) is 6.40. The van der Waals surface area contributed by atoms with Crippen LogP contribution in [-0.4, -0.2) is 49.3 Å². The van der Waals surface area contributed by atoms with Crippen molar-refractivity contribution in [2.45, 2.75) is 26.8 Å². The molecule has 1 heterocycles. The fourth-order valence-electron chi connectivity index (χ4n) is 2.12. The number of aryl methyl sites for hydroxylation is 1. The van der Waals surface area contributed by atoms with Crippen LogP contribution in [0, 0.1) is 5.92 Å². The highest BCUT2D eigenvalue weighted by molar-refractivity contribution is 6.30. The molecule has 0 saturated heterocycles. The van der Waals surface area contributed by atoms with Gasteiger partial charge in [-0.2, -0.15) is 0 Å². The molecule has 0 unspecified atom stereocenters. The van der Waals surface area contributed by atoms with Crippen molar-refractivity contribution < 1.29 is 4.74 Å². The number of rotatable bonds is 8. The number of aliphatic imine (C=N–C) groups is 1. The molecule has 126 valence electrons. The monoisotopic (exact) mass is 328 g/mol. The summed E-state index contributed by atoms with van der Waals surface area (Å²) in [6, 6.07) is 1.98. The van der Waals surface area contributed by atoms with Crippen LogP contribution < -0.4 is 5.32 Å². The van der Waals surface area contributed by atoms with Crippen LogP contribution in [0.5, 0.6) is 0 Å². The predicted octanol–water partition coefficient (Wildman–Crippen LogP) is 2.75. The van der Waals surface area contributed by atoms with Gasteiger partial charge in [0.25, 0.3) is 0 Å². The summed E-state index contributed by atoms with van der Waals surface area (Å²) < 4.78 is 7.61. The lowest BCUT2D eigenvalue weighted by atomic mass is 10.2. The number of hydrogen-bond acceptors (Lipinski definition) is 2. The first-order valence-electron chi connectivity index (χ1n) is 7.74. The van der Waals surface area contributed by atoms with Gasteiger partial charge in [-0.15, -0.1) is 0 Å². The Balaban J connectivity index is 2.33. The summed E-state index contributed by atoms with van der Waals surface area (Å²) in [7, 11) is 5.81. The molecule has 22 heavy (non-hydrogen) atoms. The van der Waals surface area contributed by atoms with E-state index in [4.69, 9.17) is 16.3 Å². The van der Waals surface area contributed by atoms with Crippen LogP contribution in [-0.2, 0) is 18.3 Å². The molecule has 0 aromatic carbocycles. The summed E-state index contributed by atoms with van der Waals surface area (Å²) in [6.45, 7) is 7.52. The molecule has 1 N–H and O–H groups in total. The molecule has 0 spiro atoms. The second-order valence-corrected chi connectivity index (χ2v) is 6.35. The fourth-order valence-corrected chi connectivity index (χ4v) is 2.39. The normalized spacial score (nSPS) is 12.0. The second-order valence-electron chi connectivity index (χ2n) is 5.91. The van der Waals surface area contributed by atoms with Crippen LogP contribution in [0.15, 0.2) is 17.3 Å². The molecule has 5 nitrogen and oxygen atoms in total. The van der Waals surface area contributed by atoms with Crippen molar-refractivity contribution in [1.29, 1.82) is 0 Å². The largest absolute Gasteiger partial charge is 0.381 e. The molecular weight excluding hydrogens is 300 g/mol. The zero-order chi connectivity index (χ0) is 16.5. The van der Waals surface area contributed by atoms with Gasteiger partial charge in [0.15, 0.2) is 5.96 Å². The topological polar surface area (TPSA) is 41.8 Å². The minimum absolute atomic E-state index is 0.587. The number of guanidine groups is 1. The Labute approximate surface area is 139 Å². The average molecular weight is 329 g/mol. The summed E-state index contributed by atoms with van der Waals surface area (Å²) in [6.07, 6.45) is 2.88. The van der Waals surface area contributed by atoms with E-state index in [2.05, 4.69) is 29.1 Å². The Hall–Kier alpha value is -1.20. The second kappa shape index (κ2) is 9.74. The van der Waals surface area contributed by atoms with Gasteiger partial charge in [0.05, 0.1) is 11.6 Å². The lowest BCUT2D eigenvalue weighted by molar-refractivity contribution is 0.108. The molecule has 6 heteroatoms. The fraction of sp³-hybridized carbons (Fsp3) is 0.688. The third-order valence-corrected chi connectivity index (χ3v) is 3.45. The maximum Gasteiger partial charge on any atom is 0.193 e. The average Bonchev–Trinajstić information content (AvgIpc) is 2.75. The summed E-state index contributed by atoms with van der Waals surface area (Å²) in [5, 5.41) is 4.12. The zero-order valence-electron chi connectivity index (χ0n) is 14.4. The van der Waals surface area contributed by atoms with Crippen molar-refractivity contribution in [3.8, 4) is 0 Å². The van der Waals surface area contributed by atoms with Gasteiger partial charge in [0, 0.05) is 52.8 Å².